The van der Waals surface area contributed by atoms with Crippen molar-refractivity contribution in [3.63, 3.8) is 0 Å². The van der Waals surface area contributed by atoms with Gasteiger partial charge in [-0.2, -0.15) is 0 Å². The van der Waals surface area contributed by atoms with E-state index in [2.05, 4.69) is 57.3 Å². The van der Waals surface area contributed by atoms with E-state index in [-0.39, 0.29) is 5.82 Å². The number of nitrogens with zero attached hydrogens (tertiary/aromatic N) is 5. The van der Waals surface area contributed by atoms with Gasteiger partial charge in [0.05, 0.1) is 17.4 Å². The van der Waals surface area contributed by atoms with Gasteiger partial charge >= 0.3 is 0 Å². The molecular formula is C22H24FN7. The van der Waals surface area contributed by atoms with E-state index in [4.69, 9.17) is 4.98 Å². The van der Waals surface area contributed by atoms with Crippen LogP contribution in [0.3, 0.4) is 0 Å². The SMILES string of the molecule is CC(C)n1ccc2ccc3cnc(Nc4cc(F)c(N5CCNCC5)cn4)nc3c21. The Kier molecular flexibility index (Phi) is 4.71. The topological polar surface area (TPSA) is 70.9 Å². The molecule has 8 heteroatoms. The number of pyridine rings is 1. The van der Waals surface area contributed by atoms with Gasteiger partial charge < -0.3 is 20.1 Å². The van der Waals surface area contributed by atoms with Gasteiger partial charge in [0.15, 0.2) is 5.82 Å². The minimum absolute atomic E-state index is 0.300. The second-order valence-corrected chi connectivity index (χ2v) is 7.83. The van der Waals surface area contributed by atoms with Crippen molar-refractivity contribution in [2.75, 3.05) is 36.4 Å². The highest BCUT2D eigenvalue weighted by molar-refractivity contribution is 6.03. The predicted octanol–water partition coefficient (Wildman–Crippen LogP) is 3.85. The summed E-state index contributed by atoms with van der Waals surface area (Å²) >= 11 is 0. The number of benzene rings is 1. The molecule has 0 radical (unpaired) electrons. The van der Waals surface area contributed by atoms with E-state index in [0.717, 1.165) is 48.0 Å². The summed E-state index contributed by atoms with van der Waals surface area (Å²) in [7, 11) is 0. The van der Waals surface area contributed by atoms with Crippen molar-refractivity contribution < 1.29 is 4.39 Å². The first kappa shape index (κ1) is 18.7. The van der Waals surface area contributed by atoms with Crippen molar-refractivity contribution in [3.05, 3.63) is 48.7 Å². The highest BCUT2D eigenvalue weighted by Gasteiger charge is 2.16. The maximum atomic E-state index is 14.7. The number of piperazine rings is 1. The lowest BCUT2D eigenvalue weighted by Crippen LogP contribution is -2.43. The summed E-state index contributed by atoms with van der Waals surface area (Å²) in [5.74, 6) is 0.483. The van der Waals surface area contributed by atoms with Crippen LogP contribution in [0.15, 0.2) is 42.9 Å². The van der Waals surface area contributed by atoms with Gasteiger partial charge in [0, 0.05) is 61.5 Å². The molecule has 0 saturated carbocycles. The molecule has 0 aliphatic carbocycles. The number of anilines is 3. The molecule has 5 rings (SSSR count). The number of aromatic nitrogens is 4. The van der Waals surface area contributed by atoms with Crippen LogP contribution in [0.1, 0.15) is 19.9 Å². The smallest absolute Gasteiger partial charge is 0.228 e. The Morgan fingerprint density at radius 3 is 2.63 bits per heavy atom. The lowest BCUT2D eigenvalue weighted by Gasteiger charge is -2.29. The number of rotatable bonds is 4. The molecule has 1 saturated heterocycles. The van der Waals surface area contributed by atoms with Crippen LogP contribution in [-0.4, -0.2) is 45.7 Å². The second kappa shape index (κ2) is 7.53. The first-order valence-corrected chi connectivity index (χ1v) is 10.2. The van der Waals surface area contributed by atoms with E-state index in [1.54, 1.807) is 12.4 Å². The molecule has 0 atom stereocenters. The highest BCUT2D eigenvalue weighted by atomic mass is 19.1. The molecule has 3 aromatic heterocycles. The number of fused-ring (bicyclic) bond motifs is 3. The van der Waals surface area contributed by atoms with Gasteiger partial charge in [-0.1, -0.05) is 12.1 Å². The molecular weight excluding hydrogens is 381 g/mol. The molecule has 0 spiro atoms. The van der Waals surface area contributed by atoms with Crippen molar-refractivity contribution in [3.8, 4) is 0 Å². The number of hydrogen-bond donors (Lipinski definition) is 2. The van der Waals surface area contributed by atoms with Gasteiger partial charge in [0.25, 0.3) is 0 Å². The Morgan fingerprint density at radius 1 is 1.07 bits per heavy atom. The van der Waals surface area contributed by atoms with Crippen LogP contribution in [-0.2, 0) is 0 Å². The maximum Gasteiger partial charge on any atom is 0.228 e. The second-order valence-electron chi connectivity index (χ2n) is 7.83. The third-order valence-corrected chi connectivity index (χ3v) is 5.52. The van der Waals surface area contributed by atoms with Crippen LogP contribution in [0.4, 0.5) is 21.8 Å². The standard InChI is InChI=1S/C22H24FN7/c1-14(2)30-8-5-15-3-4-16-12-26-22(28-20(16)21(15)30)27-19-11-17(23)18(13-25-19)29-9-6-24-7-10-29/h3-5,8,11-14,24H,6-7,9-10H2,1-2H3,(H,25,26,27,28). The number of nitrogens with one attached hydrogen (secondary N) is 2. The molecule has 1 aliphatic heterocycles. The average molecular weight is 405 g/mol. The van der Waals surface area contributed by atoms with Crippen LogP contribution in [0.5, 0.6) is 0 Å². The monoisotopic (exact) mass is 405 g/mol. The first-order chi connectivity index (χ1) is 14.6. The summed E-state index contributed by atoms with van der Waals surface area (Å²) < 4.78 is 16.9. The van der Waals surface area contributed by atoms with Crippen molar-refractivity contribution in [1.82, 2.24) is 24.8 Å². The van der Waals surface area contributed by atoms with E-state index >= 15 is 0 Å². The van der Waals surface area contributed by atoms with Crippen LogP contribution >= 0.6 is 0 Å². The van der Waals surface area contributed by atoms with Gasteiger partial charge in [0.1, 0.15) is 11.3 Å². The Morgan fingerprint density at radius 2 is 1.87 bits per heavy atom. The summed E-state index contributed by atoms with van der Waals surface area (Å²) in [5, 5.41) is 8.42. The molecule has 4 aromatic rings. The van der Waals surface area contributed by atoms with Crippen LogP contribution in [0, 0.1) is 5.82 Å². The fourth-order valence-electron chi connectivity index (χ4n) is 3.97. The summed E-state index contributed by atoms with van der Waals surface area (Å²) in [6.07, 6.45) is 5.44. The minimum Gasteiger partial charge on any atom is -0.365 e. The molecule has 1 aliphatic rings. The lowest BCUT2D eigenvalue weighted by molar-refractivity contribution is 0.565. The minimum atomic E-state index is -0.300. The molecule has 0 bridgehead atoms. The zero-order valence-corrected chi connectivity index (χ0v) is 17.1. The maximum absolute atomic E-state index is 14.7. The van der Waals surface area contributed by atoms with E-state index in [1.165, 1.54) is 6.07 Å². The average Bonchev–Trinajstić information content (AvgIpc) is 3.20. The van der Waals surface area contributed by atoms with Crippen molar-refractivity contribution in [2.45, 2.75) is 19.9 Å². The molecule has 2 N–H and O–H groups in total. The van der Waals surface area contributed by atoms with Crippen molar-refractivity contribution in [1.29, 1.82) is 0 Å². The van der Waals surface area contributed by atoms with Gasteiger partial charge in [-0.25, -0.2) is 19.3 Å². The summed E-state index contributed by atoms with van der Waals surface area (Å²) in [6.45, 7) is 7.51. The van der Waals surface area contributed by atoms with E-state index < -0.39 is 0 Å². The van der Waals surface area contributed by atoms with Gasteiger partial charge in [-0.3, -0.25) is 0 Å². The zero-order chi connectivity index (χ0) is 20.7. The van der Waals surface area contributed by atoms with E-state index in [1.807, 2.05) is 11.0 Å². The molecule has 7 nitrogen and oxygen atoms in total. The van der Waals surface area contributed by atoms with Crippen LogP contribution < -0.4 is 15.5 Å². The number of hydrogen-bond acceptors (Lipinski definition) is 6. The molecule has 30 heavy (non-hydrogen) atoms. The summed E-state index contributed by atoms with van der Waals surface area (Å²) in [6, 6.07) is 7.91. The van der Waals surface area contributed by atoms with Crippen LogP contribution in [0.25, 0.3) is 21.8 Å². The predicted molar refractivity (Wildman–Crippen MR) is 118 cm³/mol. The molecule has 0 unspecified atom stereocenters. The highest BCUT2D eigenvalue weighted by Crippen LogP contribution is 2.28. The first-order valence-electron chi connectivity index (χ1n) is 10.2. The Labute approximate surface area is 174 Å². The quantitative estimate of drug-likeness (QED) is 0.537. The van der Waals surface area contributed by atoms with Gasteiger partial charge in [-0.15, -0.1) is 0 Å². The number of halogens is 1. The fraction of sp³-hybridized carbons (Fsp3) is 0.318. The Hall–Kier alpha value is -3.26. The van der Waals surface area contributed by atoms with E-state index in [9.17, 15) is 4.39 Å². The van der Waals surface area contributed by atoms with Gasteiger partial charge in [-0.05, 0) is 19.9 Å². The van der Waals surface area contributed by atoms with Crippen LogP contribution in [0.2, 0.25) is 0 Å². The normalized spacial score (nSPS) is 14.7. The van der Waals surface area contributed by atoms with Gasteiger partial charge in [0.2, 0.25) is 5.95 Å². The largest absolute Gasteiger partial charge is 0.365 e. The fourth-order valence-corrected chi connectivity index (χ4v) is 3.97. The van der Waals surface area contributed by atoms with Crippen molar-refractivity contribution >= 4 is 39.3 Å². The third-order valence-electron chi connectivity index (χ3n) is 5.52. The molecule has 1 aromatic carbocycles. The molecule has 1 fully saturated rings. The Balaban J connectivity index is 1.48. The summed E-state index contributed by atoms with van der Waals surface area (Å²) in [4.78, 5) is 15.5. The molecule has 4 heterocycles. The van der Waals surface area contributed by atoms with Crippen molar-refractivity contribution in [2.24, 2.45) is 0 Å². The molecule has 154 valence electrons. The Bertz CT molecular complexity index is 1210. The zero-order valence-electron chi connectivity index (χ0n) is 17.1. The molecule has 0 amide bonds. The lowest BCUT2D eigenvalue weighted by atomic mass is 10.2. The summed E-state index contributed by atoms with van der Waals surface area (Å²) in [5.41, 5.74) is 2.46. The third kappa shape index (κ3) is 3.33. The van der Waals surface area contributed by atoms with E-state index in [0.29, 0.717) is 23.5 Å².